The molecule has 0 atom stereocenters. The van der Waals surface area contributed by atoms with Gasteiger partial charge in [0.05, 0.1) is 23.8 Å². The Hall–Kier alpha value is -1.14. The zero-order valence-electron chi connectivity index (χ0n) is 11.3. The van der Waals surface area contributed by atoms with Crippen LogP contribution >= 0.6 is 11.3 Å². The fourth-order valence-electron chi connectivity index (χ4n) is 2.62. The molecule has 3 rings (SSSR count). The minimum absolute atomic E-state index is 0.0729. The Balaban J connectivity index is 1.94. The maximum Gasteiger partial charge on any atom is 0.186 e. The zero-order chi connectivity index (χ0) is 13.5. The Morgan fingerprint density at radius 1 is 1.37 bits per heavy atom. The Morgan fingerprint density at radius 3 is 2.79 bits per heavy atom. The normalized spacial score (nSPS) is 24.5. The summed E-state index contributed by atoms with van der Waals surface area (Å²) in [4.78, 5) is 8.05. The van der Waals surface area contributed by atoms with Crippen LogP contribution in [0.25, 0.3) is 0 Å². The Morgan fingerprint density at radius 2 is 2.11 bits per heavy atom. The lowest BCUT2D eigenvalue weighted by Gasteiger charge is -2.28. The second-order valence-electron chi connectivity index (χ2n) is 5.70. The number of fused-ring (bicyclic) bond motifs is 1. The first kappa shape index (κ1) is 12.9. The number of aryl methyl sites for hydroxylation is 1. The van der Waals surface area contributed by atoms with Crippen molar-refractivity contribution >= 4 is 22.2 Å². The molecule has 1 aromatic heterocycles. The fourth-order valence-corrected chi connectivity index (χ4v) is 3.95. The van der Waals surface area contributed by atoms with Gasteiger partial charge in [0.15, 0.2) is 5.13 Å². The van der Waals surface area contributed by atoms with Gasteiger partial charge in [0.2, 0.25) is 0 Å². The maximum absolute atomic E-state index is 9.33. The predicted octanol–water partition coefficient (Wildman–Crippen LogP) is 2.13. The number of aromatic nitrogens is 1. The number of rotatable bonds is 1. The van der Waals surface area contributed by atoms with Crippen LogP contribution in [0.1, 0.15) is 30.8 Å². The molecule has 6 heteroatoms. The highest BCUT2D eigenvalue weighted by molar-refractivity contribution is 7.17. The first-order valence-corrected chi connectivity index (χ1v) is 7.49. The molecule has 1 fully saturated rings. The largest absolute Gasteiger partial charge is 0.411 e. The predicted molar refractivity (Wildman–Crippen MR) is 75.6 cm³/mol. The minimum atomic E-state index is -0.0729. The third kappa shape index (κ3) is 2.23. The van der Waals surface area contributed by atoms with E-state index in [1.165, 1.54) is 0 Å². The molecule has 0 radical (unpaired) electrons. The summed E-state index contributed by atoms with van der Waals surface area (Å²) in [6.45, 7) is 7.55. The maximum atomic E-state index is 9.33. The molecule has 0 spiro atoms. The summed E-state index contributed by atoms with van der Waals surface area (Å²) in [5, 5.41) is 13.9. The van der Waals surface area contributed by atoms with E-state index in [1.54, 1.807) is 11.3 Å². The van der Waals surface area contributed by atoms with E-state index in [0.29, 0.717) is 0 Å². The lowest BCUT2D eigenvalue weighted by molar-refractivity contribution is 0.122. The molecule has 1 aliphatic carbocycles. The van der Waals surface area contributed by atoms with Gasteiger partial charge in [-0.15, -0.1) is 0 Å². The topological polar surface area (TPSA) is 58.0 Å². The van der Waals surface area contributed by atoms with Crippen LogP contribution in [0.5, 0.6) is 0 Å². The molecule has 2 heterocycles. The Kier molecular flexibility index (Phi) is 3.22. The van der Waals surface area contributed by atoms with Crippen molar-refractivity contribution in [2.45, 2.75) is 26.7 Å². The zero-order valence-corrected chi connectivity index (χ0v) is 12.2. The van der Waals surface area contributed by atoms with Crippen molar-refractivity contribution in [2.24, 2.45) is 10.6 Å². The number of ether oxygens (including phenoxy) is 1. The number of thiazole rings is 1. The van der Waals surface area contributed by atoms with Crippen molar-refractivity contribution in [1.29, 1.82) is 0 Å². The number of hydrogen-bond acceptors (Lipinski definition) is 6. The average Bonchev–Trinajstić information content (AvgIpc) is 2.83. The minimum Gasteiger partial charge on any atom is -0.411 e. The number of nitrogens with zero attached hydrogens (tertiary/aromatic N) is 3. The fraction of sp³-hybridized carbons (Fsp3) is 0.692. The first-order valence-electron chi connectivity index (χ1n) is 6.67. The second-order valence-corrected chi connectivity index (χ2v) is 6.68. The third-order valence-corrected chi connectivity index (χ3v) is 5.08. The van der Waals surface area contributed by atoms with Gasteiger partial charge in [0.1, 0.15) is 5.71 Å². The summed E-state index contributed by atoms with van der Waals surface area (Å²) >= 11 is 1.65. The van der Waals surface area contributed by atoms with Crippen LogP contribution in [-0.4, -0.2) is 42.2 Å². The second kappa shape index (κ2) is 4.76. The molecule has 1 aliphatic heterocycles. The summed E-state index contributed by atoms with van der Waals surface area (Å²) in [5.41, 5.74) is 1.79. The Bertz CT molecular complexity index is 504. The van der Waals surface area contributed by atoms with Crippen molar-refractivity contribution < 1.29 is 9.94 Å². The molecule has 0 amide bonds. The summed E-state index contributed by atoms with van der Waals surface area (Å²) in [6.07, 6.45) is 1.94. The highest BCUT2D eigenvalue weighted by atomic mass is 32.1. The van der Waals surface area contributed by atoms with Gasteiger partial charge in [0.25, 0.3) is 0 Å². The van der Waals surface area contributed by atoms with Crippen LogP contribution in [0.15, 0.2) is 5.16 Å². The molecule has 2 aliphatic rings. The quantitative estimate of drug-likeness (QED) is 0.633. The number of anilines is 1. The van der Waals surface area contributed by atoms with Crippen LogP contribution in [0.4, 0.5) is 5.13 Å². The summed E-state index contributed by atoms with van der Waals surface area (Å²) in [6, 6.07) is 0. The molecule has 1 aromatic rings. The van der Waals surface area contributed by atoms with Crippen molar-refractivity contribution in [2.75, 3.05) is 31.2 Å². The van der Waals surface area contributed by atoms with Gasteiger partial charge >= 0.3 is 0 Å². The van der Waals surface area contributed by atoms with Crippen LogP contribution in [0, 0.1) is 5.41 Å². The molecule has 104 valence electrons. The van der Waals surface area contributed by atoms with Gasteiger partial charge < -0.3 is 14.8 Å². The molecule has 0 saturated carbocycles. The van der Waals surface area contributed by atoms with E-state index >= 15 is 0 Å². The van der Waals surface area contributed by atoms with Crippen LogP contribution < -0.4 is 4.90 Å². The van der Waals surface area contributed by atoms with E-state index < -0.39 is 0 Å². The van der Waals surface area contributed by atoms with Gasteiger partial charge in [-0.05, 0) is 12.8 Å². The third-order valence-electron chi connectivity index (χ3n) is 3.91. The highest BCUT2D eigenvalue weighted by Gasteiger charge is 2.36. The SMILES string of the molecule is CC1(C)CCc2nc(N3CCOCC3)sc2C1=NO. The van der Waals surface area contributed by atoms with Crippen molar-refractivity contribution in [3.05, 3.63) is 10.6 Å². The van der Waals surface area contributed by atoms with Crippen molar-refractivity contribution in [1.82, 2.24) is 4.98 Å². The number of hydrogen-bond donors (Lipinski definition) is 1. The van der Waals surface area contributed by atoms with Crippen molar-refractivity contribution in [3.8, 4) is 0 Å². The highest BCUT2D eigenvalue weighted by Crippen LogP contribution is 2.40. The van der Waals surface area contributed by atoms with E-state index in [0.717, 1.165) is 60.6 Å². The monoisotopic (exact) mass is 281 g/mol. The molecule has 19 heavy (non-hydrogen) atoms. The molecule has 1 saturated heterocycles. The first-order chi connectivity index (χ1) is 9.12. The lowest BCUT2D eigenvalue weighted by Crippen LogP contribution is -2.36. The van der Waals surface area contributed by atoms with Crippen molar-refractivity contribution in [3.63, 3.8) is 0 Å². The summed E-state index contributed by atoms with van der Waals surface area (Å²) < 4.78 is 5.37. The molecular formula is C13H19N3O2S. The summed E-state index contributed by atoms with van der Waals surface area (Å²) in [5.74, 6) is 0. The van der Waals surface area contributed by atoms with Gasteiger partial charge in [0, 0.05) is 18.5 Å². The van der Waals surface area contributed by atoms with E-state index in [4.69, 9.17) is 9.72 Å². The van der Waals surface area contributed by atoms with Gasteiger partial charge in [-0.25, -0.2) is 4.98 Å². The average molecular weight is 281 g/mol. The Labute approximate surface area is 116 Å². The number of morpholine rings is 1. The van der Waals surface area contributed by atoms with Crippen LogP contribution in [-0.2, 0) is 11.2 Å². The summed E-state index contributed by atoms with van der Waals surface area (Å²) in [7, 11) is 0. The van der Waals surface area contributed by atoms with E-state index in [2.05, 4.69) is 23.9 Å². The smallest absolute Gasteiger partial charge is 0.186 e. The number of oxime groups is 1. The molecule has 0 unspecified atom stereocenters. The van der Waals surface area contributed by atoms with Gasteiger partial charge in [-0.3, -0.25) is 0 Å². The standard InChI is InChI=1S/C13H19N3O2S/c1-13(2)4-3-9-10(11(13)15-17)19-12(14-9)16-5-7-18-8-6-16/h17H,3-8H2,1-2H3. The van der Waals surface area contributed by atoms with Crippen LogP contribution in [0.2, 0.25) is 0 Å². The van der Waals surface area contributed by atoms with Gasteiger partial charge in [-0.1, -0.05) is 30.3 Å². The molecule has 0 aromatic carbocycles. The van der Waals surface area contributed by atoms with E-state index in [-0.39, 0.29) is 5.41 Å². The van der Waals surface area contributed by atoms with E-state index in [9.17, 15) is 5.21 Å². The molecule has 5 nitrogen and oxygen atoms in total. The molecule has 0 bridgehead atoms. The molecule has 1 N–H and O–H groups in total. The van der Waals surface area contributed by atoms with Gasteiger partial charge in [-0.2, -0.15) is 0 Å². The van der Waals surface area contributed by atoms with E-state index in [1.807, 2.05) is 0 Å². The van der Waals surface area contributed by atoms with Crippen LogP contribution in [0.3, 0.4) is 0 Å². The lowest BCUT2D eigenvalue weighted by atomic mass is 9.77. The molecular weight excluding hydrogens is 262 g/mol.